The van der Waals surface area contributed by atoms with Gasteiger partial charge >= 0.3 is 0 Å². The van der Waals surface area contributed by atoms with Crippen LogP contribution in [0.4, 0.5) is 11.4 Å². The van der Waals surface area contributed by atoms with Crippen molar-refractivity contribution in [2.45, 2.75) is 81.5 Å². The molecule has 2 fully saturated rings. The summed E-state index contributed by atoms with van der Waals surface area (Å²) in [5.41, 5.74) is 13.4. The van der Waals surface area contributed by atoms with Crippen LogP contribution in [0.1, 0.15) is 65.7 Å². The summed E-state index contributed by atoms with van der Waals surface area (Å²) < 4.78 is 26.8. The lowest BCUT2D eigenvalue weighted by Crippen LogP contribution is -2.58. The molecule has 0 radical (unpaired) electrons. The first kappa shape index (κ1) is 22.9. The number of hydrogen-bond donors (Lipinski definition) is 2. The summed E-state index contributed by atoms with van der Waals surface area (Å²) in [6.45, 7) is 7.60. The summed E-state index contributed by atoms with van der Waals surface area (Å²) in [4.78, 5) is 13.5. The molecule has 0 amide bonds. The van der Waals surface area contributed by atoms with E-state index in [1.165, 1.54) is 0 Å². The maximum atomic E-state index is 13.4. The standard InChI is InChI=1S/C23H36N6O2S/c1-16(2)32(30,31)20-8-7-18(28-13-9-17(3)10-14-28)15-19(20)29-22(25)26-21(24)27-23(29)11-5-4-6-12-23/h7-8,15-17H,4-6,9-14H2,1-3H3,(H4,24,25,26,27). The third kappa shape index (κ3) is 4.07. The first-order valence-electron chi connectivity index (χ1n) is 11.8. The second-order valence-electron chi connectivity index (χ2n) is 9.73. The molecular weight excluding hydrogens is 424 g/mol. The Morgan fingerprint density at radius 1 is 1.09 bits per heavy atom. The molecule has 0 unspecified atom stereocenters. The third-order valence-corrected chi connectivity index (χ3v) is 9.31. The number of benzene rings is 1. The predicted molar refractivity (Wildman–Crippen MR) is 131 cm³/mol. The van der Waals surface area contributed by atoms with E-state index in [4.69, 9.17) is 16.5 Å². The van der Waals surface area contributed by atoms with Gasteiger partial charge in [0.15, 0.2) is 9.84 Å². The molecule has 1 aliphatic carbocycles. The lowest BCUT2D eigenvalue weighted by atomic mass is 9.87. The molecule has 1 saturated heterocycles. The summed E-state index contributed by atoms with van der Waals surface area (Å²) in [6.07, 6.45) is 6.85. The normalized spacial score (nSPS) is 22.2. The van der Waals surface area contributed by atoms with E-state index in [0.717, 1.165) is 63.7 Å². The Kier molecular flexibility index (Phi) is 6.13. The largest absolute Gasteiger partial charge is 0.371 e. The van der Waals surface area contributed by atoms with Crippen LogP contribution >= 0.6 is 0 Å². The summed E-state index contributed by atoms with van der Waals surface area (Å²) in [7, 11) is -3.56. The molecule has 32 heavy (non-hydrogen) atoms. The first-order valence-corrected chi connectivity index (χ1v) is 13.3. The van der Waals surface area contributed by atoms with Gasteiger partial charge in [0.05, 0.1) is 15.8 Å². The van der Waals surface area contributed by atoms with Gasteiger partial charge in [0, 0.05) is 18.8 Å². The number of nitrogens with zero attached hydrogens (tertiary/aromatic N) is 4. The van der Waals surface area contributed by atoms with Gasteiger partial charge < -0.3 is 16.4 Å². The van der Waals surface area contributed by atoms with Crippen molar-refractivity contribution >= 4 is 33.1 Å². The maximum absolute atomic E-state index is 13.4. The van der Waals surface area contributed by atoms with Gasteiger partial charge in [-0.15, -0.1) is 0 Å². The Morgan fingerprint density at radius 2 is 1.75 bits per heavy atom. The van der Waals surface area contributed by atoms with Gasteiger partial charge in [0.2, 0.25) is 11.9 Å². The Morgan fingerprint density at radius 3 is 2.38 bits per heavy atom. The van der Waals surface area contributed by atoms with E-state index in [-0.39, 0.29) is 16.8 Å². The van der Waals surface area contributed by atoms with Crippen molar-refractivity contribution in [3.8, 4) is 0 Å². The molecule has 9 heteroatoms. The minimum Gasteiger partial charge on any atom is -0.371 e. The average Bonchev–Trinajstić information content (AvgIpc) is 2.74. The van der Waals surface area contributed by atoms with E-state index in [1.807, 2.05) is 17.0 Å². The fourth-order valence-corrected chi connectivity index (χ4v) is 6.32. The number of aliphatic imine (C=N–C) groups is 2. The molecule has 1 spiro atoms. The number of hydrogen-bond acceptors (Lipinski definition) is 8. The molecule has 1 aromatic carbocycles. The Hall–Kier alpha value is -2.29. The molecule has 8 nitrogen and oxygen atoms in total. The fourth-order valence-electron chi connectivity index (χ4n) is 5.11. The summed E-state index contributed by atoms with van der Waals surface area (Å²) in [6, 6.07) is 5.64. The zero-order chi connectivity index (χ0) is 23.1. The molecule has 2 heterocycles. The van der Waals surface area contributed by atoms with Crippen LogP contribution in [0.25, 0.3) is 0 Å². The van der Waals surface area contributed by atoms with Crippen molar-refractivity contribution in [1.29, 1.82) is 0 Å². The van der Waals surface area contributed by atoms with Crippen LogP contribution in [0.5, 0.6) is 0 Å². The molecule has 176 valence electrons. The summed E-state index contributed by atoms with van der Waals surface area (Å²) in [5.74, 6) is 1.08. The van der Waals surface area contributed by atoms with Crippen molar-refractivity contribution in [3.63, 3.8) is 0 Å². The topological polar surface area (TPSA) is 117 Å². The van der Waals surface area contributed by atoms with Crippen LogP contribution in [0, 0.1) is 5.92 Å². The van der Waals surface area contributed by atoms with Gasteiger partial charge in [-0.2, -0.15) is 4.99 Å². The van der Waals surface area contributed by atoms with Gasteiger partial charge in [-0.25, -0.2) is 13.4 Å². The molecular formula is C23H36N6O2S. The van der Waals surface area contributed by atoms with E-state index in [2.05, 4.69) is 16.8 Å². The van der Waals surface area contributed by atoms with Gasteiger partial charge in [0.25, 0.3) is 0 Å². The number of nitrogens with two attached hydrogens (primary N) is 2. The number of rotatable bonds is 4. The molecule has 0 atom stereocenters. The zero-order valence-electron chi connectivity index (χ0n) is 19.4. The van der Waals surface area contributed by atoms with Crippen molar-refractivity contribution < 1.29 is 8.42 Å². The highest BCUT2D eigenvalue weighted by atomic mass is 32.2. The number of piperidine rings is 1. The van der Waals surface area contributed by atoms with Crippen LogP contribution in [-0.4, -0.2) is 44.3 Å². The minimum absolute atomic E-state index is 0.162. The summed E-state index contributed by atoms with van der Waals surface area (Å²) in [5, 5.41) is -0.554. The molecule has 3 aliphatic rings. The van der Waals surface area contributed by atoms with Gasteiger partial charge in [-0.3, -0.25) is 4.90 Å². The lowest BCUT2D eigenvalue weighted by Gasteiger charge is -2.46. The molecule has 0 aromatic heterocycles. The van der Waals surface area contributed by atoms with E-state index in [9.17, 15) is 8.42 Å². The zero-order valence-corrected chi connectivity index (χ0v) is 20.2. The van der Waals surface area contributed by atoms with Crippen molar-refractivity contribution in [2.75, 3.05) is 22.9 Å². The van der Waals surface area contributed by atoms with Gasteiger partial charge in [-0.05, 0) is 76.5 Å². The van der Waals surface area contributed by atoms with Crippen LogP contribution in [-0.2, 0) is 9.84 Å². The smallest absolute Gasteiger partial charge is 0.220 e. The van der Waals surface area contributed by atoms with Crippen LogP contribution < -0.4 is 21.3 Å². The van der Waals surface area contributed by atoms with Crippen LogP contribution in [0.15, 0.2) is 33.1 Å². The maximum Gasteiger partial charge on any atom is 0.220 e. The molecule has 0 bridgehead atoms. The van der Waals surface area contributed by atoms with Crippen LogP contribution in [0.2, 0.25) is 0 Å². The molecule has 1 aromatic rings. The molecule has 4 rings (SSSR count). The lowest BCUT2D eigenvalue weighted by molar-refractivity contribution is 0.305. The fraction of sp³-hybridized carbons (Fsp3) is 0.652. The second kappa shape index (κ2) is 8.57. The van der Waals surface area contributed by atoms with Crippen molar-refractivity contribution in [1.82, 2.24) is 0 Å². The number of sulfone groups is 1. The highest BCUT2D eigenvalue weighted by molar-refractivity contribution is 7.92. The van der Waals surface area contributed by atoms with Gasteiger partial charge in [0.1, 0.15) is 5.66 Å². The molecule has 2 aliphatic heterocycles. The Balaban J connectivity index is 1.87. The molecule has 1 saturated carbocycles. The molecule has 4 N–H and O–H groups in total. The Bertz CT molecular complexity index is 1020. The highest BCUT2D eigenvalue weighted by Gasteiger charge is 2.44. The van der Waals surface area contributed by atoms with Crippen molar-refractivity contribution in [3.05, 3.63) is 18.2 Å². The average molecular weight is 461 g/mol. The van der Waals surface area contributed by atoms with E-state index in [1.54, 1.807) is 19.9 Å². The van der Waals surface area contributed by atoms with Gasteiger partial charge in [-0.1, -0.05) is 13.3 Å². The van der Waals surface area contributed by atoms with Crippen molar-refractivity contribution in [2.24, 2.45) is 27.4 Å². The quantitative estimate of drug-likeness (QED) is 0.712. The van der Waals surface area contributed by atoms with E-state index >= 15 is 0 Å². The second-order valence-corrected chi connectivity index (χ2v) is 12.2. The summed E-state index contributed by atoms with van der Waals surface area (Å²) >= 11 is 0. The van der Waals surface area contributed by atoms with E-state index in [0.29, 0.717) is 11.6 Å². The minimum atomic E-state index is -3.56. The SMILES string of the molecule is CC1CCN(c2ccc(S(=O)(=O)C(C)C)c(N3C(N)=NC(N)=NC34CCCCC4)c2)CC1. The van der Waals surface area contributed by atoms with Crippen LogP contribution in [0.3, 0.4) is 0 Å². The monoisotopic (exact) mass is 460 g/mol. The highest BCUT2D eigenvalue weighted by Crippen LogP contribution is 2.43. The number of guanidine groups is 2. The Labute approximate surface area is 191 Å². The van der Waals surface area contributed by atoms with E-state index < -0.39 is 20.8 Å². The predicted octanol–water partition coefficient (Wildman–Crippen LogP) is 3.21. The first-order chi connectivity index (χ1) is 15.1. The third-order valence-electron chi connectivity index (χ3n) is 7.11. The number of anilines is 2.